The van der Waals surface area contributed by atoms with Gasteiger partial charge in [-0.2, -0.15) is 0 Å². The second-order valence-corrected chi connectivity index (χ2v) is 6.43. The molecule has 1 unspecified atom stereocenters. The van der Waals surface area contributed by atoms with Crippen LogP contribution in [0.2, 0.25) is 0 Å². The summed E-state index contributed by atoms with van der Waals surface area (Å²) in [5.74, 6) is 0.973. The molecule has 1 aliphatic carbocycles. The van der Waals surface area contributed by atoms with Crippen LogP contribution in [0.4, 0.5) is 0 Å². The van der Waals surface area contributed by atoms with E-state index in [4.69, 9.17) is 4.74 Å². The van der Waals surface area contributed by atoms with Gasteiger partial charge in [0.2, 0.25) is 0 Å². The molecule has 1 saturated carbocycles. The Kier molecular flexibility index (Phi) is 5.26. The number of hydrogen-bond acceptors (Lipinski definition) is 2. The van der Waals surface area contributed by atoms with Gasteiger partial charge in [-0.05, 0) is 49.8 Å². The molecule has 1 fully saturated rings. The highest BCUT2D eigenvalue weighted by molar-refractivity contribution is 5.20. The van der Waals surface area contributed by atoms with Crippen molar-refractivity contribution in [2.75, 3.05) is 13.2 Å². The van der Waals surface area contributed by atoms with Crippen molar-refractivity contribution < 1.29 is 4.74 Å². The minimum Gasteiger partial charge on any atom is -0.494 e. The Hall–Kier alpha value is -1.02. The van der Waals surface area contributed by atoms with E-state index in [0.717, 1.165) is 25.3 Å². The van der Waals surface area contributed by atoms with Crippen molar-refractivity contribution in [3.05, 3.63) is 30.3 Å². The number of benzene rings is 1. The molecule has 0 bridgehead atoms. The number of para-hydroxylation sites is 1. The second kappa shape index (κ2) is 6.95. The Balaban J connectivity index is 1.57. The zero-order valence-electron chi connectivity index (χ0n) is 12.3. The van der Waals surface area contributed by atoms with Crippen LogP contribution >= 0.6 is 0 Å². The van der Waals surface area contributed by atoms with Crippen LogP contribution in [-0.4, -0.2) is 19.2 Å². The fourth-order valence-electron chi connectivity index (χ4n) is 2.96. The fourth-order valence-corrected chi connectivity index (χ4v) is 2.96. The normalized spacial score (nSPS) is 22.1. The smallest absolute Gasteiger partial charge is 0.119 e. The lowest BCUT2D eigenvalue weighted by molar-refractivity contribution is 0.196. The monoisotopic (exact) mass is 261 g/mol. The first-order valence-corrected chi connectivity index (χ1v) is 7.57. The maximum Gasteiger partial charge on any atom is 0.119 e. The van der Waals surface area contributed by atoms with Crippen molar-refractivity contribution in [3.8, 4) is 5.75 Å². The highest BCUT2D eigenvalue weighted by Crippen LogP contribution is 2.34. The molecule has 0 aliphatic heterocycles. The standard InChI is InChI=1S/C17H27NO/c1-17(2)11-6-8-15(14-17)18-12-7-13-19-16-9-4-3-5-10-16/h3-5,9-10,15,18H,6-8,11-14H2,1-2H3. The predicted molar refractivity (Wildman–Crippen MR) is 80.6 cm³/mol. The Morgan fingerprint density at radius 3 is 2.79 bits per heavy atom. The minimum atomic E-state index is 0.524. The van der Waals surface area contributed by atoms with Crippen LogP contribution in [0.25, 0.3) is 0 Å². The third kappa shape index (κ3) is 5.23. The molecule has 1 atom stereocenters. The van der Waals surface area contributed by atoms with E-state index in [1.807, 2.05) is 30.3 Å². The van der Waals surface area contributed by atoms with Crippen LogP contribution in [-0.2, 0) is 0 Å². The average molecular weight is 261 g/mol. The van der Waals surface area contributed by atoms with Crippen molar-refractivity contribution in [3.63, 3.8) is 0 Å². The maximum absolute atomic E-state index is 5.70. The summed E-state index contributed by atoms with van der Waals surface area (Å²) in [5.41, 5.74) is 0.524. The molecular formula is C17H27NO. The molecule has 1 aliphatic rings. The molecule has 0 heterocycles. The molecule has 0 saturated heterocycles. The highest BCUT2D eigenvalue weighted by Gasteiger charge is 2.27. The Bertz CT molecular complexity index is 361. The van der Waals surface area contributed by atoms with Gasteiger partial charge in [0.15, 0.2) is 0 Å². The van der Waals surface area contributed by atoms with Crippen molar-refractivity contribution in [2.24, 2.45) is 5.41 Å². The third-order valence-electron chi connectivity index (χ3n) is 3.97. The molecule has 2 heteroatoms. The number of nitrogens with one attached hydrogen (secondary N) is 1. The first kappa shape index (κ1) is 14.4. The zero-order chi connectivity index (χ0) is 13.6. The summed E-state index contributed by atoms with van der Waals surface area (Å²) in [7, 11) is 0. The number of hydrogen-bond donors (Lipinski definition) is 1. The molecule has 1 aromatic carbocycles. The summed E-state index contributed by atoms with van der Waals surface area (Å²) in [5, 5.41) is 3.68. The fraction of sp³-hybridized carbons (Fsp3) is 0.647. The van der Waals surface area contributed by atoms with Gasteiger partial charge in [-0.25, -0.2) is 0 Å². The van der Waals surface area contributed by atoms with Gasteiger partial charge in [-0.15, -0.1) is 0 Å². The Morgan fingerprint density at radius 2 is 2.05 bits per heavy atom. The molecular weight excluding hydrogens is 234 g/mol. The first-order chi connectivity index (χ1) is 9.16. The lowest BCUT2D eigenvalue weighted by Gasteiger charge is -2.35. The summed E-state index contributed by atoms with van der Waals surface area (Å²) in [4.78, 5) is 0. The van der Waals surface area contributed by atoms with Gasteiger partial charge in [-0.3, -0.25) is 0 Å². The van der Waals surface area contributed by atoms with Gasteiger partial charge in [-0.1, -0.05) is 38.5 Å². The van der Waals surface area contributed by atoms with Crippen LogP contribution in [0, 0.1) is 5.41 Å². The van der Waals surface area contributed by atoms with Crippen molar-refractivity contribution in [1.82, 2.24) is 5.32 Å². The SMILES string of the molecule is CC1(C)CCCC(NCCCOc2ccccc2)C1. The van der Waals surface area contributed by atoms with Gasteiger partial charge in [0.25, 0.3) is 0 Å². The first-order valence-electron chi connectivity index (χ1n) is 7.57. The highest BCUT2D eigenvalue weighted by atomic mass is 16.5. The third-order valence-corrected chi connectivity index (χ3v) is 3.97. The predicted octanol–water partition coefficient (Wildman–Crippen LogP) is 4.01. The summed E-state index contributed by atoms with van der Waals surface area (Å²) >= 11 is 0. The van der Waals surface area contributed by atoms with Crippen LogP contribution < -0.4 is 10.1 Å². The van der Waals surface area contributed by atoms with Crippen molar-refractivity contribution in [2.45, 2.75) is 52.0 Å². The van der Waals surface area contributed by atoms with E-state index in [-0.39, 0.29) is 0 Å². The van der Waals surface area contributed by atoms with E-state index >= 15 is 0 Å². The van der Waals surface area contributed by atoms with Crippen molar-refractivity contribution in [1.29, 1.82) is 0 Å². The molecule has 1 N–H and O–H groups in total. The van der Waals surface area contributed by atoms with E-state index < -0.39 is 0 Å². The average Bonchev–Trinajstić information content (AvgIpc) is 2.38. The van der Waals surface area contributed by atoms with E-state index in [1.165, 1.54) is 25.7 Å². The van der Waals surface area contributed by atoms with Gasteiger partial charge in [0, 0.05) is 6.04 Å². The Labute approximate surface area is 117 Å². The molecule has 2 nitrogen and oxygen atoms in total. The van der Waals surface area contributed by atoms with Crippen LogP contribution in [0.5, 0.6) is 5.75 Å². The topological polar surface area (TPSA) is 21.3 Å². The van der Waals surface area contributed by atoms with Gasteiger partial charge in [0.05, 0.1) is 6.61 Å². The van der Waals surface area contributed by atoms with Gasteiger partial charge >= 0.3 is 0 Å². The molecule has 0 radical (unpaired) electrons. The summed E-state index contributed by atoms with van der Waals surface area (Å²) in [6.07, 6.45) is 6.47. The van der Waals surface area contributed by atoms with Gasteiger partial charge in [0.1, 0.15) is 5.75 Å². The van der Waals surface area contributed by atoms with Gasteiger partial charge < -0.3 is 10.1 Å². The van der Waals surface area contributed by atoms with Crippen molar-refractivity contribution >= 4 is 0 Å². The summed E-state index contributed by atoms with van der Waals surface area (Å²) in [6, 6.07) is 10.8. The van der Waals surface area contributed by atoms with E-state index in [9.17, 15) is 0 Å². The second-order valence-electron chi connectivity index (χ2n) is 6.43. The molecule has 0 aromatic heterocycles. The molecule has 19 heavy (non-hydrogen) atoms. The Morgan fingerprint density at radius 1 is 1.26 bits per heavy atom. The largest absolute Gasteiger partial charge is 0.494 e. The number of rotatable bonds is 6. The van der Waals surface area contributed by atoms with E-state index in [2.05, 4.69) is 19.2 Å². The molecule has 106 valence electrons. The maximum atomic E-state index is 5.70. The number of ether oxygens (including phenoxy) is 1. The summed E-state index contributed by atoms with van der Waals surface area (Å²) < 4.78 is 5.70. The van der Waals surface area contributed by atoms with E-state index in [0.29, 0.717) is 11.5 Å². The molecule has 0 spiro atoms. The molecule has 2 rings (SSSR count). The molecule has 1 aromatic rings. The quantitative estimate of drug-likeness (QED) is 0.781. The zero-order valence-corrected chi connectivity index (χ0v) is 12.3. The molecule has 0 amide bonds. The van der Waals surface area contributed by atoms with Crippen LogP contribution in [0.15, 0.2) is 30.3 Å². The lowest BCUT2D eigenvalue weighted by atomic mass is 9.75. The van der Waals surface area contributed by atoms with Crippen LogP contribution in [0.1, 0.15) is 46.0 Å². The minimum absolute atomic E-state index is 0.524. The lowest BCUT2D eigenvalue weighted by Crippen LogP contribution is -2.38. The van der Waals surface area contributed by atoms with E-state index in [1.54, 1.807) is 0 Å². The summed E-state index contributed by atoms with van der Waals surface area (Å²) in [6.45, 7) is 6.64. The van der Waals surface area contributed by atoms with Crippen LogP contribution in [0.3, 0.4) is 0 Å².